The molecule has 1 saturated heterocycles. The van der Waals surface area contributed by atoms with E-state index >= 15 is 0 Å². The summed E-state index contributed by atoms with van der Waals surface area (Å²) in [6.45, 7) is 6.59. The van der Waals surface area contributed by atoms with Gasteiger partial charge in [0.15, 0.2) is 0 Å². The lowest BCUT2D eigenvalue weighted by molar-refractivity contribution is -0.384. The second kappa shape index (κ2) is 10.5. The van der Waals surface area contributed by atoms with E-state index < -0.39 is 22.7 Å². The zero-order valence-corrected chi connectivity index (χ0v) is 19.9. The molecule has 9 heteroatoms. The highest BCUT2D eigenvalue weighted by atomic mass is 16.6. The highest BCUT2D eigenvalue weighted by molar-refractivity contribution is 6.46. The van der Waals surface area contributed by atoms with Crippen LogP contribution in [0.15, 0.2) is 54.1 Å². The van der Waals surface area contributed by atoms with Gasteiger partial charge in [0.1, 0.15) is 5.76 Å². The van der Waals surface area contributed by atoms with Crippen LogP contribution in [0.25, 0.3) is 5.76 Å². The molecule has 0 radical (unpaired) electrons. The van der Waals surface area contributed by atoms with Crippen molar-refractivity contribution in [3.8, 4) is 0 Å². The van der Waals surface area contributed by atoms with Crippen LogP contribution in [0, 0.1) is 10.1 Å². The normalized spacial score (nSPS) is 17.4. The van der Waals surface area contributed by atoms with E-state index in [1.165, 1.54) is 29.2 Å². The summed E-state index contributed by atoms with van der Waals surface area (Å²) in [6.07, 6.45) is 0. The Morgan fingerprint density at radius 3 is 2.12 bits per heavy atom. The number of amides is 1. The molecule has 1 fully saturated rings. The Labute approximate surface area is 199 Å². The van der Waals surface area contributed by atoms with E-state index in [1.54, 1.807) is 0 Å². The number of nitro benzene ring substituents is 1. The Balaban J connectivity index is 2.09. The van der Waals surface area contributed by atoms with Crippen LogP contribution in [0.3, 0.4) is 0 Å². The molecule has 2 aromatic carbocycles. The molecular formula is C25H30N4O5. The molecule has 1 heterocycles. The molecule has 9 nitrogen and oxygen atoms in total. The summed E-state index contributed by atoms with van der Waals surface area (Å²) in [5, 5.41) is 22.1. The number of anilines is 1. The van der Waals surface area contributed by atoms with Gasteiger partial charge >= 0.3 is 0 Å². The molecule has 0 bridgehead atoms. The van der Waals surface area contributed by atoms with Crippen molar-refractivity contribution in [1.82, 2.24) is 9.80 Å². The number of nitrogens with zero attached hydrogens (tertiary/aromatic N) is 4. The number of Topliss-reactive ketones (excluding diaryl/α,β-unsaturated/α-hetero) is 1. The highest BCUT2D eigenvalue weighted by Crippen LogP contribution is 2.39. The highest BCUT2D eigenvalue weighted by Gasteiger charge is 2.46. The minimum Gasteiger partial charge on any atom is -0.507 e. The maximum Gasteiger partial charge on any atom is 0.295 e. The van der Waals surface area contributed by atoms with Crippen LogP contribution in [0.4, 0.5) is 11.4 Å². The molecule has 1 aliphatic rings. The van der Waals surface area contributed by atoms with E-state index in [4.69, 9.17) is 0 Å². The smallest absolute Gasteiger partial charge is 0.295 e. The van der Waals surface area contributed by atoms with Gasteiger partial charge in [0.05, 0.1) is 16.5 Å². The number of hydrogen-bond donors (Lipinski definition) is 1. The van der Waals surface area contributed by atoms with Gasteiger partial charge in [0.2, 0.25) is 0 Å². The van der Waals surface area contributed by atoms with Gasteiger partial charge in [-0.3, -0.25) is 19.7 Å². The zero-order valence-electron chi connectivity index (χ0n) is 19.9. The van der Waals surface area contributed by atoms with Gasteiger partial charge in [-0.05, 0) is 42.9 Å². The van der Waals surface area contributed by atoms with Gasteiger partial charge in [-0.15, -0.1) is 0 Å². The first kappa shape index (κ1) is 24.9. The summed E-state index contributed by atoms with van der Waals surface area (Å²) < 4.78 is 0. The van der Waals surface area contributed by atoms with Crippen molar-refractivity contribution in [3.63, 3.8) is 0 Å². The Hall–Kier alpha value is -3.72. The first-order valence-electron chi connectivity index (χ1n) is 11.2. The van der Waals surface area contributed by atoms with Crippen molar-refractivity contribution in [2.45, 2.75) is 19.9 Å². The molecule has 0 aliphatic carbocycles. The quantitative estimate of drug-likeness (QED) is 0.198. The van der Waals surface area contributed by atoms with Crippen molar-refractivity contribution in [1.29, 1.82) is 0 Å². The molecule has 1 atom stereocenters. The molecule has 1 unspecified atom stereocenters. The van der Waals surface area contributed by atoms with Gasteiger partial charge in [0, 0.05) is 50.6 Å². The summed E-state index contributed by atoms with van der Waals surface area (Å²) >= 11 is 0. The number of rotatable bonds is 9. The molecular weight excluding hydrogens is 436 g/mol. The van der Waals surface area contributed by atoms with Crippen LogP contribution in [-0.4, -0.2) is 71.8 Å². The second-order valence-corrected chi connectivity index (χ2v) is 8.31. The van der Waals surface area contributed by atoms with Crippen molar-refractivity contribution in [2.24, 2.45) is 0 Å². The first-order chi connectivity index (χ1) is 16.2. The minimum absolute atomic E-state index is 0.0176. The minimum atomic E-state index is -0.767. The Morgan fingerprint density at radius 1 is 1.03 bits per heavy atom. The molecule has 180 valence electrons. The lowest BCUT2D eigenvalue weighted by Crippen LogP contribution is -2.38. The van der Waals surface area contributed by atoms with Crippen molar-refractivity contribution < 1.29 is 19.6 Å². The number of carbonyl (C=O) groups is 2. The lowest BCUT2D eigenvalue weighted by Gasteiger charge is -2.28. The van der Waals surface area contributed by atoms with Crippen LogP contribution in [-0.2, 0) is 9.59 Å². The number of non-ortho nitro benzene ring substituents is 1. The molecule has 0 saturated carbocycles. The number of ketones is 1. The summed E-state index contributed by atoms with van der Waals surface area (Å²) in [5.41, 5.74) is 1.75. The fourth-order valence-electron chi connectivity index (χ4n) is 4.10. The van der Waals surface area contributed by atoms with E-state index in [9.17, 15) is 24.8 Å². The molecule has 1 amide bonds. The van der Waals surface area contributed by atoms with Crippen LogP contribution < -0.4 is 4.90 Å². The molecule has 2 aromatic rings. The van der Waals surface area contributed by atoms with E-state index in [2.05, 4.69) is 4.90 Å². The van der Waals surface area contributed by atoms with Crippen LogP contribution in [0.1, 0.15) is 31.0 Å². The van der Waals surface area contributed by atoms with Crippen molar-refractivity contribution in [2.75, 3.05) is 45.2 Å². The molecule has 3 rings (SSSR count). The van der Waals surface area contributed by atoms with Gasteiger partial charge in [0.25, 0.3) is 17.4 Å². The third-order valence-electron chi connectivity index (χ3n) is 6.17. The maximum atomic E-state index is 13.1. The predicted molar refractivity (Wildman–Crippen MR) is 131 cm³/mol. The Morgan fingerprint density at radius 2 is 1.62 bits per heavy atom. The number of likely N-dealkylation sites (tertiary alicyclic amines) is 1. The summed E-state index contributed by atoms with van der Waals surface area (Å²) in [6, 6.07) is 12.0. The number of aliphatic hydroxyl groups is 1. The van der Waals surface area contributed by atoms with Crippen molar-refractivity contribution in [3.05, 3.63) is 75.3 Å². The SMILES string of the molecule is CCN(CC)CCN1C(=O)C(=O)/C(=C(/O)c2ccc([N+](=O)[O-])cc2)C1c1ccc(N(C)C)cc1. The van der Waals surface area contributed by atoms with Gasteiger partial charge in [-0.2, -0.15) is 0 Å². The molecule has 1 N–H and O–H groups in total. The summed E-state index contributed by atoms with van der Waals surface area (Å²) in [5.74, 6) is -1.78. The number of benzene rings is 2. The number of likely N-dealkylation sites (N-methyl/N-ethyl adjacent to an activating group) is 1. The summed E-state index contributed by atoms with van der Waals surface area (Å²) in [4.78, 5) is 42.2. The fourth-order valence-corrected chi connectivity index (χ4v) is 4.10. The molecule has 0 spiro atoms. The largest absolute Gasteiger partial charge is 0.507 e. The Kier molecular flexibility index (Phi) is 7.68. The van der Waals surface area contributed by atoms with Gasteiger partial charge in [-0.25, -0.2) is 0 Å². The molecule has 34 heavy (non-hydrogen) atoms. The third kappa shape index (κ3) is 4.94. The monoisotopic (exact) mass is 466 g/mol. The van der Waals surface area contributed by atoms with E-state index in [-0.39, 0.29) is 22.6 Å². The van der Waals surface area contributed by atoms with Crippen LogP contribution >= 0.6 is 0 Å². The van der Waals surface area contributed by atoms with Gasteiger partial charge in [-0.1, -0.05) is 26.0 Å². The zero-order chi connectivity index (χ0) is 25.0. The van der Waals surface area contributed by atoms with Gasteiger partial charge < -0.3 is 19.8 Å². The fraction of sp³-hybridized carbons (Fsp3) is 0.360. The number of carbonyl (C=O) groups excluding carboxylic acids is 2. The predicted octanol–water partition coefficient (Wildman–Crippen LogP) is 3.42. The van der Waals surface area contributed by atoms with E-state index in [0.717, 1.165) is 18.8 Å². The topological polar surface area (TPSA) is 107 Å². The number of nitro groups is 1. The number of aliphatic hydroxyl groups excluding tert-OH is 1. The van der Waals surface area contributed by atoms with Crippen molar-refractivity contribution >= 4 is 28.8 Å². The standard InChI is InChI=1S/C25H30N4O5/c1-5-27(6-2)15-16-28-22(17-7-11-19(12-8-17)26(3)4)21(24(31)25(28)32)23(30)18-9-13-20(14-10-18)29(33)34/h7-14,22,30H,5-6,15-16H2,1-4H3/b23-21+. The maximum absolute atomic E-state index is 13.1. The third-order valence-corrected chi connectivity index (χ3v) is 6.17. The molecule has 0 aromatic heterocycles. The number of hydrogen-bond acceptors (Lipinski definition) is 7. The summed E-state index contributed by atoms with van der Waals surface area (Å²) in [7, 11) is 3.83. The van der Waals surface area contributed by atoms with Crippen LogP contribution in [0.2, 0.25) is 0 Å². The van der Waals surface area contributed by atoms with E-state index in [0.29, 0.717) is 18.7 Å². The average Bonchev–Trinajstić information content (AvgIpc) is 3.09. The Bertz CT molecular complexity index is 1090. The van der Waals surface area contributed by atoms with E-state index in [1.807, 2.05) is 57.1 Å². The molecule has 1 aliphatic heterocycles. The second-order valence-electron chi connectivity index (χ2n) is 8.31. The van der Waals surface area contributed by atoms with Crippen LogP contribution in [0.5, 0.6) is 0 Å². The first-order valence-corrected chi connectivity index (χ1v) is 11.2. The average molecular weight is 467 g/mol. The lowest BCUT2D eigenvalue weighted by atomic mass is 9.95.